The van der Waals surface area contributed by atoms with Gasteiger partial charge >= 0.3 is 0 Å². The Morgan fingerprint density at radius 3 is 2.81 bits per heavy atom. The third kappa shape index (κ3) is 3.90. The van der Waals surface area contributed by atoms with Crippen molar-refractivity contribution in [1.82, 2.24) is 20.4 Å². The minimum atomic E-state index is -0.0138. The van der Waals surface area contributed by atoms with Crippen LogP contribution >= 0.6 is 24.0 Å². The fourth-order valence-corrected chi connectivity index (χ4v) is 3.61. The number of benzene rings is 1. The van der Waals surface area contributed by atoms with Gasteiger partial charge in [0, 0.05) is 23.5 Å². The van der Waals surface area contributed by atoms with E-state index in [1.165, 1.54) is 0 Å². The molecule has 1 atom stereocenters. The number of rotatable bonds is 4. The third-order valence-corrected chi connectivity index (χ3v) is 5.45. The summed E-state index contributed by atoms with van der Waals surface area (Å²) in [4.78, 5) is 12.8. The van der Waals surface area contributed by atoms with Gasteiger partial charge in [0.2, 0.25) is 0 Å². The van der Waals surface area contributed by atoms with Gasteiger partial charge in [-0.05, 0) is 56.8 Å². The number of hydrogen-bond donors (Lipinski definition) is 2. The maximum absolute atomic E-state index is 12.8. The summed E-state index contributed by atoms with van der Waals surface area (Å²) in [7, 11) is 0. The Labute approximate surface area is 164 Å². The van der Waals surface area contributed by atoms with Crippen molar-refractivity contribution in [2.45, 2.75) is 44.6 Å². The molecule has 1 aromatic heterocycles. The molecule has 2 aliphatic rings. The highest BCUT2D eigenvalue weighted by atomic mass is 35.5. The summed E-state index contributed by atoms with van der Waals surface area (Å²) in [5.74, 6) is 0.396. The maximum Gasteiger partial charge on any atom is 0.255 e. The van der Waals surface area contributed by atoms with Gasteiger partial charge in [0.15, 0.2) is 0 Å². The standard InChI is InChI=1S/C19H23ClN4O.ClH/c1-12-4-7-15(9-17(12)20)24-18(13-5-6-13)16(11-22-24)19(25)23-14-3-2-8-21-10-14;/h4,7,9,11,13-14,21H,2-3,5-6,8,10H2,1H3,(H,23,25);1H. The summed E-state index contributed by atoms with van der Waals surface area (Å²) in [6.07, 6.45) is 6.04. The first-order valence-corrected chi connectivity index (χ1v) is 9.37. The van der Waals surface area contributed by atoms with E-state index in [2.05, 4.69) is 15.7 Å². The van der Waals surface area contributed by atoms with E-state index >= 15 is 0 Å². The predicted molar refractivity (Wildman–Crippen MR) is 106 cm³/mol. The lowest BCUT2D eigenvalue weighted by atomic mass is 10.1. The van der Waals surface area contributed by atoms with Crippen LogP contribution in [0.3, 0.4) is 0 Å². The molecule has 1 aliphatic carbocycles. The number of nitrogens with one attached hydrogen (secondary N) is 2. The summed E-state index contributed by atoms with van der Waals surface area (Å²) < 4.78 is 1.89. The van der Waals surface area contributed by atoms with Crippen LogP contribution in [-0.4, -0.2) is 34.8 Å². The number of carbonyl (C=O) groups excluding carboxylic acids is 1. The third-order valence-electron chi connectivity index (χ3n) is 5.05. The highest BCUT2D eigenvalue weighted by Crippen LogP contribution is 2.42. The first-order chi connectivity index (χ1) is 12.1. The van der Waals surface area contributed by atoms with Crippen LogP contribution in [0.5, 0.6) is 0 Å². The second-order valence-corrected chi connectivity index (χ2v) is 7.49. The van der Waals surface area contributed by atoms with E-state index in [-0.39, 0.29) is 24.4 Å². The van der Waals surface area contributed by atoms with Gasteiger partial charge in [0.1, 0.15) is 0 Å². The van der Waals surface area contributed by atoms with Crippen LogP contribution in [0.4, 0.5) is 0 Å². The van der Waals surface area contributed by atoms with E-state index in [9.17, 15) is 4.79 Å². The topological polar surface area (TPSA) is 59.0 Å². The lowest BCUT2D eigenvalue weighted by Crippen LogP contribution is -2.45. The van der Waals surface area contributed by atoms with Crippen LogP contribution in [-0.2, 0) is 0 Å². The molecule has 4 rings (SSSR count). The van der Waals surface area contributed by atoms with Crippen molar-refractivity contribution in [2.75, 3.05) is 13.1 Å². The van der Waals surface area contributed by atoms with Crippen molar-refractivity contribution >= 4 is 29.9 Å². The molecule has 2 aromatic rings. The van der Waals surface area contributed by atoms with Crippen LogP contribution in [0.15, 0.2) is 24.4 Å². The molecule has 2 heterocycles. The second-order valence-electron chi connectivity index (χ2n) is 7.08. The molecular weight excluding hydrogens is 371 g/mol. The van der Waals surface area contributed by atoms with Gasteiger partial charge in [-0.2, -0.15) is 5.10 Å². The van der Waals surface area contributed by atoms with Gasteiger partial charge in [0.05, 0.1) is 23.1 Å². The molecule has 0 radical (unpaired) electrons. The Morgan fingerprint density at radius 2 is 2.15 bits per heavy atom. The normalized spacial score (nSPS) is 19.7. The predicted octanol–water partition coefficient (Wildman–Crippen LogP) is 3.62. The highest BCUT2D eigenvalue weighted by Gasteiger charge is 2.33. The van der Waals surface area contributed by atoms with Crippen molar-refractivity contribution in [3.63, 3.8) is 0 Å². The van der Waals surface area contributed by atoms with Crippen LogP contribution in [0.25, 0.3) is 5.69 Å². The maximum atomic E-state index is 12.8. The number of amides is 1. The van der Waals surface area contributed by atoms with Gasteiger partial charge in [0.25, 0.3) is 5.91 Å². The Hall–Kier alpha value is -1.56. The zero-order chi connectivity index (χ0) is 17.4. The Kier molecular flexibility index (Phi) is 5.90. The number of aromatic nitrogens is 2. The van der Waals surface area contributed by atoms with E-state index in [1.54, 1.807) is 6.20 Å². The second kappa shape index (κ2) is 7.99. The van der Waals surface area contributed by atoms with Crippen LogP contribution in [0, 0.1) is 6.92 Å². The Bertz CT molecular complexity index is 795. The molecule has 1 aromatic carbocycles. The highest BCUT2D eigenvalue weighted by molar-refractivity contribution is 6.31. The summed E-state index contributed by atoms with van der Waals surface area (Å²) >= 11 is 6.28. The first kappa shape index (κ1) is 19.2. The van der Waals surface area contributed by atoms with Gasteiger partial charge < -0.3 is 10.6 Å². The van der Waals surface area contributed by atoms with Crippen molar-refractivity contribution in [1.29, 1.82) is 0 Å². The number of halogens is 2. The van der Waals surface area contributed by atoms with E-state index < -0.39 is 0 Å². The summed E-state index contributed by atoms with van der Waals surface area (Å²) in [6.45, 7) is 3.85. The average molecular weight is 395 g/mol. The molecule has 7 heteroatoms. The molecule has 5 nitrogen and oxygen atoms in total. The summed E-state index contributed by atoms with van der Waals surface area (Å²) in [5, 5.41) is 11.7. The van der Waals surface area contributed by atoms with Crippen LogP contribution in [0.2, 0.25) is 5.02 Å². The zero-order valence-electron chi connectivity index (χ0n) is 14.8. The van der Waals surface area contributed by atoms with E-state index in [4.69, 9.17) is 11.6 Å². The fraction of sp³-hybridized carbons (Fsp3) is 0.474. The summed E-state index contributed by atoms with van der Waals surface area (Å²) in [5.41, 5.74) is 3.66. The zero-order valence-corrected chi connectivity index (χ0v) is 16.4. The number of aryl methyl sites for hydroxylation is 1. The number of nitrogens with zero attached hydrogens (tertiary/aromatic N) is 2. The van der Waals surface area contributed by atoms with E-state index in [0.717, 1.165) is 55.7 Å². The molecule has 0 bridgehead atoms. The molecule has 2 fully saturated rings. The van der Waals surface area contributed by atoms with E-state index in [1.807, 2.05) is 29.8 Å². The Balaban J connectivity index is 0.00000196. The van der Waals surface area contributed by atoms with Crippen molar-refractivity contribution in [2.24, 2.45) is 0 Å². The smallest absolute Gasteiger partial charge is 0.255 e. The molecule has 1 saturated carbocycles. The lowest BCUT2D eigenvalue weighted by Gasteiger charge is -2.23. The van der Waals surface area contributed by atoms with Gasteiger partial charge in [-0.25, -0.2) is 4.68 Å². The first-order valence-electron chi connectivity index (χ1n) is 8.99. The van der Waals surface area contributed by atoms with Gasteiger partial charge in [-0.15, -0.1) is 12.4 Å². The molecule has 2 N–H and O–H groups in total. The SMILES string of the molecule is Cc1ccc(-n2ncc(C(=O)NC3CCCNC3)c2C2CC2)cc1Cl.Cl. The van der Waals surface area contributed by atoms with E-state index in [0.29, 0.717) is 16.5 Å². The van der Waals surface area contributed by atoms with Gasteiger partial charge in [-0.1, -0.05) is 17.7 Å². The molecule has 1 amide bonds. The average Bonchev–Trinajstić information content (AvgIpc) is 3.36. The van der Waals surface area contributed by atoms with Crippen LogP contribution < -0.4 is 10.6 Å². The van der Waals surface area contributed by atoms with Gasteiger partial charge in [-0.3, -0.25) is 4.79 Å². The van der Waals surface area contributed by atoms with Crippen molar-refractivity contribution in [3.05, 3.63) is 46.2 Å². The molecule has 26 heavy (non-hydrogen) atoms. The minimum Gasteiger partial charge on any atom is -0.348 e. The lowest BCUT2D eigenvalue weighted by molar-refractivity contribution is 0.0929. The molecule has 1 unspecified atom stereocenters. The number of hydrogen-bond acceptors (Lipinski definition) is 3. The molecule has 1 aliphatic heterocycles. The number of carbonyl (C=O) groups is 1. The molecule has 140 valence electrons. The van der Waals surface area contributed by atoms with Crippen molar-refractivity contribution in [3.8, 4) is 5.69 Å². The quantitative estimate of drug-likeness (QED) is 0.832. The minimum absolute atomic E-state index is 0. The molecule has 0 spiro atoms. The van der Waals surface area contributed by atoms with Crippen LogP contribution in [0.1, 0.15) is 53.2 Å². The molecule has 1 saturated heterocycles. The summed E-state index contributed by atoms with van der Waals surface area (Å²) in [6, 6.07) is 6.11. The Morgan fingerprint density at radius 1 is 1.35 bits per heavy atom. The fourth-order valence-electron chi connectivity index (χ4n) is 3.44. The number of piperidine rings is 1. The molecular formula is C19H24Cl2N4O. The van der Waals surface area contributed by atoms with Crippen molar-refractivity contribution < 1.29 is 4.79 Å². The largest absolute Gasteiger partial charge is 0.348 e. The monoisotopic (exact) mass is 394 g/mol.